The summed E-state index contributed by atoms with van der Waals surface area (Å²) >= 11 is 3.17. The highest BCUT2D eigenvalue weighted by atomic mass is 79.9. The fourth-order valence-corrected chi connectivity index (χ4v) is 4.25. The molecule has 0 aliphatic rings. The van der Waals surface area contributed by atoms with Crippen molar-refractivity contribution in [3.63, 3.8) is 0 Å². The van der Waals surface area contributed by atoms with Gasteiger partial charge in [-0.1, -0.05) is 12.1 Å². The van der Waals surface area contributed by atoms with Crippen LogP contribution in [0.2, 0.25) is 0 Å². The lowest BCUT2D eigenvalue weighted by Crippen LogP contribution is -2.12. The van der Waals surface area contributed by atoms with Crippen molar-refractivity contribution in [1.29, 1.82) is 0 Å². The van der Waals surface area contributed by atoms with E-state index in [9.17, 15) is 13.2 Å². The van der Waals surface area contributed by atoms with Gasteiger partial charge in [-0.05, 0) is 65.2 Å². The molecule has 0 aliphatic heterocycles. The number of halogens is 1. The highest BCUT2D eigenvalue weighted by Gasteiger charge is 2.23. The van der Waals surface area contributed by atoms with E-state index in [0.29, 0.717) is 6.42 Å². The van der Waals surface area contributed by atoms with Crippen LogP contribution >= 0.6 is 15.9 Å². The number of benzene rings is 2. The third-order valence-electron chi connectivity index (χ3n) is 3.52. The summed E-state index contributed by atoms with van der Waals surface area (Å²) in [5.74, 6) is -0.189. The predicted molar refractivity (Wildman–Crippen MR) is 105 cm³/mol. The Balaban J connectivity index is 2.34. The lowest BCUT2D eigenvalue weighted by atomic mass is 10.1. The first-order chi connectivity index (χ1) is 12.8. The number of carbonyl (C=O) groups is 1. The van der Waals surface area contributed by atoms with E-state index in [1.165, 1.54) is 31.4 Å². The van der Waals surface area contributed by atoms with Crippen LogP contribution in [0.15, 0.2) is 58.4 Å². The molecular weight excluding hydrogens is 436 g/mol. The molecular formula is C19H19BrO6S. The summed E-state index contributed by atoms with van der Waals surface area (Å²) < 4.78 is 40.9. The van der Waals surface area contributed by atoms with Crippen LogP contribution in [0.3, 0.4) is 0 Å². The molecule has 0 spiro atoms. The average Bonchev–Trinajstić information content (AvgIpc) is 2.62. The first kappa shape index (κ1) is 21.0. The fourth-order valence-electron chi connectivity index (χ4n) is 2.28. The van der Waals surface area contributed by atoms with Gasteiger partial charge in [0, 0.05) is 4.47 Å². The molecule has 144 valence electrons. The van der Waals surface area contributed by atoms with Gasteiger partial charge in [0.2, 0.25) is 0 Å². The molecule has 0 bridgehead atoms. The van der Waals surface area contributed by atoms with Gasteiger partial charge in [0.15, 0.2) is 11.5 Å². The third kappa shape index (κ3) is 5.11. The van der Waals surface area contributed by atoms with Gasteiger partial charge in [-0.15, -0.1) is 6.58 Å². The first-order valence-electron chi connectivity index (χ1n) is 8.01. The van der Waals surface area contributed by atoms with E-state index in [1.807, 2.05) is 0 Å². The number of carbonyl (C=O) groups excluding carboxylic acids is 1. The Labute approximate surface area is 167 Å². The standard InChI is InChI=1S/C19H19BrO6S/c1-4-6-13-7-9-16(17(11-13)24-3)26-27(22,23)18-10-8-14(12-15(18)20)19(21)25-5-2/h4,7-12H,1,5-6H2,2-3H3. The van der Waals surface area contributed by atoms with E-state index in [2.05, 4.69) is 22.5 Å². The van der Waals surface area contributed by atoms with E-state index in [0.717, 1.165) is 5.56 Å². The Bertz CT molecular complexity index is 953. The van der Waals surface area contributed by atoms with Crippen molar-refractivity contribution >= 4 is 32.0 Å². The molecule has 0 unspecified atom stereocenters. The maximum absolute atomic E-state index is 12.7. The van der Waals surface area contributed by atoms with Gasteiger partial charge in [0.1, 0.15) is 4.90 Å². The minimum absolute atomic E-state index is 0.0617. The second kappa shape index (κ2) is 9.05. The lowest BCUT2D eigenvalue weighted by molar-refractivity contribution is 0.0526. The normalized spacial score (nSPS) is 10.9. The summed E-state index contributed by atoms with van der Waals surface area (Å²) in [5, 5.41) is 0. The molecule has 2 aromatic rings. The molecule has 0 fully saturated rings. The number of esters is 1. The Hall–Kier alpha value is -2.32. The summed E-state index contributed by atoms with van der Waals surface area (Å²) in [6.45, 7) is 5.58. The van der Waals surface area contributed by atoms with Crippen molar-refractivity contribution in [3.05, 3.63) is 64.7 Å². The Morgan fingerprint density at radius 2 is 1.93 bits per heavy atom. The SMILES string of the molecule is C=CCc1ccc(OS(=O)(=O)c2ccc(C(=O)OCC)cc2Br)c(OC)c1. The zero-order chi connectivity index (χ0) is 20.0. The lowest BCUT2D eigenvalue weighted by Gasteiger charge is -2.13. The van der Waals surface area contributed by atoms with E-state index >= 15 is 0 Å². The van der Waals surface area contributed by atoms with Gasteiger partial charge >= 0.3 is 16.1 Å². The van der Waals surface area contributed by atoms with Crippen molar-refractivity contribution in [2.24, 2.45) is 0 Å². The molecule has 2 rings (SSSR count). The van der Waals surface area contributed by atoms with Crippen LogP contribution in [0, 0.1) is 0 Å². The van der Waals surface area contributed by atoms with Gasteiger partial charge < -0.3 is 13.7 Å². The highest BCUT2D eigenvalue weighted by Crippen LogP contribution is 2.33. The zero-order valence-corrected chi connectivity index (χ0v) is 17.3. The van der Waals surface area contributed by atoms with Gasteiger partial charge in [-0.3, -0.25) is 0 Å². The quantitative estimate of drug-likeness (QED) is 0.338. The number of hydrogen-bond donors (Lipinski definition) is 0. The Morgan fingerprint density at radius 1 is 1.19 bits per heavy atom. The van der Waals surface area contributed by atoms with E-state index in [1.54, 1.807) is 25.1 Å². The number of methoxy groups -OCH3 is 1. The summed E-state index contributed by atoms with van der Waals surface area (Å²) in [6, 6.07) is 8.96. The van der Waals surface area contributed by atoms with Crippen LogP contribution < -0.4 is 8.92 Å². The monoisotopic (exact) mass is 454 g/mol. The van der Waals surface area contributed by atoms with Crippen molar-refractivity contribution in [2.45, 2.75) is 18.2 Å². The molecule has 0 radical (unpaired) electrons. The van der Waals surface area contributed by atoms with E-state index < -0.39 is 16.1 Å². The Morgan fingerprint density at radius 3 is 2.52 bits per heavy atom. The molecule has 0 N–H and O–H groups in total. The van der Waals surface area contributed by atoms with E-state index in [4.69, 9.17) is 13.7 Å². The third-order valence-corrected chi connectivity index (χ3v) is 5.73. The maximum atomic E-state index is 12.7. The van der Waals surface area contributed by atoms with Gasteiger partial charge in [-0.2, -0.15) is 8.42 Å². The van der Waals surface area contributed by atoms with Gasteiger partial charge in [0.05, 0.1) is 19.3 Å². The molecule has 0 saturated carbocycles. The Kier molecular flexibility index (Phi) is 7.04. The second-order valence-corrected chi connectivity index (χ2v) is 7.75. The second-order valence-electron chi connectivity index (χ2n) is 5.38. The van der Waals surface area contributed by atoms with Crippen molar-refractivity contribution in [2.75, 3.05) is 13.7 Å². The fraction of sp³-hybridized carbons (Fsp3) is 0.211. The number of allylic oxidation sites excluding steroid dienone is 1. The smallest absolute Gasteiger partial charge is 0.340 e. The van der Waals surface area contributed by atoms with Gasteiger partial charge in [0.25, 0.3) is 0 Å². The van der Waals surface area contributed by atoms with Crippen LogP contribution in [0.4, 0.5) is 0 Å². The summed E-state index contributed by atoms with van der Waals surface area (Å²) in [5.41, 5.74) is 1.14. The molecule has 0 aromatic heterocycles. The highest BCUT2D eigenvalue weighted by molar-refractivity contribution is 9.10. The topological polar surface area (TPSA) is 78.9 Å². The average molecular weight is 455 g/mol. The van der Waals surface area contributed by atoms with Crippen LogP contribution in [0.1, 0.15) is 22.8 Å². The number of hydrogen-bond acceptors (Lipinski definition) is 6. The molecule has 6 nitrogen and oxygen atoms in total. The molecule has 0 amide bonds. The first-order valence-corrected chi connectivity index (χ1v) is 10.2. The van der Waals surface area contributed by atoms with Crippen molar-refractivity contribution in [1.82, 2.24) is 0 Å². The van der Waals surface area contributed by atoms with Crippen LogP contribution in [-0.2, 0) is 21.3 Å². The molecule has 8 heteroatoms. The molecule has 2 aromatic carbocycles. The summed E-state index contributed by atoms with van der Waals surface area (Å²) in [4.78, 5) is 11.7. The van der Waals surface area contributed by atoms with Gasteiger partial charge in [-0.25, -0.2) is 4.79 Å². The van der Waals surface area contributed by atoms with E-state index in [-0.39, 0.29) is 33.0 Å². The molecule has 0 atom stereocenters. The van der Waals surface area contributed by atoms with Crippen molar-refractivity contribution < 1.29 is 26.9 Å². The maximum Gasteiger partial charge on any atom is 0.340 e. The number of rotatable bonds is 8. The predicted octanol–water partition coefficient (Wildman–Crippen LogP) is 4.13. The van der Waals surface area contributed by atoms with Crippen LogP contribution in [0.5, 0.6) is 11.5 Å². The summed E-state index contributed by atoms with van der Waals surface area (Å²) in [6.07, 6.45) is 2.35. The molecule has 0 heterocycles. The molecule has 27 heavy (non-hydrogen) atoms. The minimum atomic E-state index is -4.16. The number of ether oxygens (including phenoxy) is 2. The van der Waals surface area contributed by atoms with Crippen LogP contribution in [0.25, 0.3) is 0 Å². The van der Waals surface area contributed by atoms with Crippen LogP contribution in [-0.4, -0.2) is 28.1 Å². The molecule has 0 saturated heterocycles. The largest absolute Gasteiger partial charge is 0.493 e. The zero-order valence-electron chi connectivity index (χ0n) is 14.9. The molecule has 0 aliphatic carbocycles. The van der Waals surface area contributed by atoms with Crippen molar-refractivity contribution in [3.8, 4) is 11.5 Å². The summed E-state index contributed by atoms with van der Waals surface area (Å²) in [7, 11) is -2.73. The minimum Gasteiger partial charge on any atom is -0.493 e.